The number of benzene rings is 4. The van der Waals surface area contributed by atoms with Crippen LogP contribution in [-0.2, 0) is 36.9 Å². The van der Waals surface area contributed by atoms with E-state index in [1.165, 1.54) is 57.6 Å². The summed E-state index contributed by atoms with van der Waals surface area (Å²) in [6.45, 7) is 17.1. The van der Waals surface area contributed by atoms with Crippen LogP contribution in [0.1, 0.15) is 70.7 Å². The number of piperazine rings is 4. The highest BCUT2D eigenvalue weighted by Gasteiger charge is 2.46. The van der Waals surface area contributed by atoms with E-state index in [2.05, 4.69) is 15.1 Å². The molecule has 8 rings (SSSR count). The monoisotopic (exact) mass is 1130 g/mol. The zero-order valence-corrected chi connectivity index (χ0v) is 47.6. The molecule has 3 N–H and O–H groups in total. The summed E-state index contributed by atoms with van der Waals surface area (Å²) in [5.41, 5.74) is 8.87. The van der Waals surface area contributed by atoms with Gasteiger partial charge >= 0.3 is 12.2 Å². The fourth-order valence-corrected chi connectivity index (χ4v) is 10.7. The Morgan fingerprint density at radius 1 is 0.595 bits per heavy atom. The van der Waals surface area contributed by atoms with Gasteiger partial charge in [0.25, 0.3) is 0 Å². The van der Waals surface area contributed by atoms with Crippen molar-refractivity contribution in [2.24, 2.45) is 0 Å². The van der Waals surface area contributed by atoms with Gasteiger partial charge in [-0.2, -0.15) is 0 Å². The first-order chi connectivity index (χ1) is 37.3. The molecule has 4 aromatic rings. The number of rotatable bonds is 11. The number of nitrogen functional groups attached to an aromatic ring is 1. The molecule has 0 radical (unpaired) electrons. The topological polar surface area (TPSA) is 180 Å². The Labute approximate surface area is 470 Å². The van der Waals surface area contributed by atoms with Crippen molar-refractivity contribution in [1.29, 1.82) is 0 Å². The predicted octanol–water partition coefficient (Wildman–Crippen LogP) is 9.21. The SMILES string of the molecule is COc1cc(/C=C/C(=O)N2C3CN(Cc4ccc(F)cc4)CC2CN(C(=O)OC(C)(C)C)C3)c(N)cc1Cl.COc1cc(/C=C/C(=O)N2C3CN(Cc4ccc(F)cc4)CC2CN(C(=O)OC(C)(C)C)C3)c(NC(C)=O)cc1Cl. The first-order valence-corrected chi connectivity index (χ1v) is 26.7. The number of nitrogens with one attached hydrogen (secondary N) is 1. The minimum atomic E-state index is -0.637. The molecule has 4 saturated heterocycles. The molecule has 0 aromatic heterocycles. The van der Waals surface area contributed by atoms with Crippen LogP contribution >= 0.6 is 23.2 Å². The van der Waals surface area contributed by atoms with Gasteiger partial charge in [-0.05, 0) is 113 Å². The van der Waals surface area contributed by atoms with Gasteiger partial charge in [0.1, 0.15) is 34.3 Å². The third-order valence-corrected chi connectivity index (χ3v) is 14.0. The fourth-order valence-electron chi connectivity index (χ4n) is 10.2. The number of nitrogens with two attached hydrogens (primary N) is 1. The number of fused-ring (bicyclic) bond motifs is 4. The van der Waals surface area contributed by atoms with Gasteiger partial charge in [-0.25, -0.2) is 18.4 Å². The van der Waals surface area contributed by atoms with Crippen molar-refractivity contribution in [3.8, 4) is 11.5 Å². The number of hydrogen-bond donors (Lipinski definition) is 2. The molecule has 79 heavy (non-hydrogen) atoms. The first kappa shape index (κ1) is 59.7. The van der Waals surface area contributed by atoms with Crippen LogP contribution in [0.2, 0.25) is 10.0 Å². The summed E-state index contributed by atoms with van der Waals surface area (Å²) in [5.74, 6) is -0.354. The van der Waals surface area contributed by atoms with Gasteiger partial charge in [0.05, 0.1) is 48.4 Å². The van der Waals surface area contributed by atoms with E-state index in [-0.39, 0.29) is 59.6 Å². The molecule has 0 spiro atoms. The average Bonchev–Trinajstić information content (AvgIpc) is 3.41. The molecule has 5 amide bonds. The van der Waals surface area contributed by atoms with E-state index in [4.69, 9.17) is 47.9 Å². The summed E-state index contributed by atoms with van der Waals surface area (Å²) < 4.78 is 48.6. The molecule has 0 saturated carbocycles. The van der Waals surface area contributed by atoms with E-state index in [1.807, 2.05) is 51.3 Å². The van der Waals surface area contributed by atoms with Gasteiger partial charge in [-0.1, -0.05) is 47.5 Å². The summed E-state index contributed by atoms with van der Waals surface area (Å²) in [4.78, 5) is 76.2. The average molecular weight is 1130 g/mol. The van der Waals surface area contributed by atoms with Crippen LogP contribution in [0.5, 0.6) is 11.5 Å². The van der Waals surface area contributed by atoms with E-state index < -0.39 is 17.3 Å². The van der Waals surface area contributed by atoms with Crippen molar-refractivity contribution in [3.63, 3.8) is 0 Å². The lowest BCUT2D eigenvalue weighted by atomic mass is 9.99. The Morgan fingerprint density at radius 3 is 1.33 bits per heavy atom. The molecule has 4 bridgehead atoms. The van der Waals surface area contributed by atoms with E-state index in [0.717, 1.165) is 11.1 Å². The highest BCUT2D eigenvalue weighted by molar-refractivity contribution is 6.33. The third-order valence-electron chi connectivity index (χ3n) is 13.4. The minimum absolute atomic E-state index is 0.168. The minimum Gasteiger partial charge on any atom is -0.495 e. The molecular weight excluding hydrogens is 1060 g/mol. The fraction of sp³-hybridized carbons (Fsp3) is 0.431. The summed E-state index contributed by atoms with van der Waals surface area (Å²) in [6, 6.07) is 18.3. The van der Waals surface area contributed by atoms with Crippen molar-refractivity contribution in [2.75, 3.05) is 77.6 Å². The van der Waals surface area contributed by atoms with Gasteiger partial charge in [0.2, 0.25) is 17.7 Å². The van der Waals surface area contributed by atoms with Crippen LogP contribution < -0.4 is 20.5 Å². The number of halogens is 4. The van der Waals surface area contributed by atoms with E-state index in [1.54, 1.807) is 70.5 Å². The maximum atomic E-state index is 13.6. The van der Waals surface area contributed by atoms with E-state index in [9.17, 15) is 32.8 Å². The molecule has 424 valence electrons. The van der Waals surface area contributed by atoms with Crippen LogP contribution in [0.15, 0.2) is 84.9 Å². The Bertz CT molecular complexity index is 2900. The largest absolute Gasteiger partial charge is 0.495 e. The van der Waals surface area contributed by atoms with Crippen LogP contribution in [0.3, 0.4) is 0 Å². The van der Waals surface area contributed by atoms with Crippen LogP contribution in [0, 0.1) is 11.6 Å². The highest BCUT2D eigenvalue weighted by atomic mass is 35.5. The number of carbonyl (C=O) groups is 5. The Kier molecular flexibility index (Phi) is 19.2. The number of carbonyl (C=O) groups excluding carboxylic acids is 5. The number of anilines is 2. The lowest BCUT2D eigenvalue weighted by molar-refractivity contribution is -0.141. The van der Waals surface area contributed by atoms with Gasteiger partial charge in [-0.15, -0.1) is 0 Å². The molecule has 0 aliphatic carbocycles. The smallest absolute Gasteiger partial charge is 0.410 e. The van der Waals surface area contributed by atoms with Crippen LogP contribution in [-0.4, -0.2) is 161 Å². The molecule has 4 heterocycles. The molecule has 4 aliphatic heterocycles. The van der Waals surface area contributed by atoms with E-state index >= 15 is 0 Å². The summed E-state index contributed by atoms with van der Waals surface area (Å²) in [7, 11) is 3.00. The molecule has 21 heteroatoms. The highest BCUT2D eigenvalue weighted by Crippen LogP contribution is 2.34. The zero-order chi connectivity index (χ0) is 57.5. The maximum Gasteiger partial charge on any atom is 0.410 e. The quantitative estimate of drug-likeness (QED) is 0.108. The number of amides is 5. The van der Waals surface area contributed by atoms with Crippen molar-refractivity contribution in [2.45, 2.75) is 96.9 Å². The van der Waals surface area contributed by atoms with Gasteiger partial charge < -0.3 is 49.6 Å². The normalized spacial score (nSPS) is 19.7. The second kappa shape index (κ2) is 25.5. The Hall–Kier alpha value is -6.93. The molecule has 4 fully saturated rings. The van der Waals surface area contributed by atoms with Crippen molar-refractivity contribution >= 4 is 76.6 Å². The second-order valence-electron chi connectivity index (χ2n) is 22.1. The van der Waals surface area contributed by atoms with Crippen molar-refractivity contribution < 1.29 is 51.7 Å². The summed E-state index contributed by atoms with van der Waals surface area (Å²) in [5, 5.41) is 3.45. The molecular formula is C58H70Cl2F2N8O9. The maximum absolute atomic E-state index is 13.6. The molecule has 17 nitrogen and oxygen atoms in total. The van der Waals surface area contributed by atoms with Crippen LogP contribution in [0.25, 0.3) is 12.2 Å². The Morgan fingerprint density at radius 2 is 0.962 bits per heavy atom. The van der Waals surface area contributed by atoms with Crippen molar-refractivity contribution in [3.05, 3.63) is 129 Å². The third kappa shape index (κ3) is 16.1. The summed E-state index contributed by atoms with van der Waals surface area (Å²) >= 11 is 12.4. The van der Waals surface area contributed by atoms with Gasteiger partial charge in [0, 0.05) is 107 Å². The Balaban J connectivity index is 0.000000229. The lowest BCUT2D eigenvalue weighted by Gasteiger charge is -2.52. The number of methoxy groups -OCH3 is 2. The molecule has 4 aromatic carbocycles. The van der Waals surface area contributed by atoms with E-state index in [0.29, 0.717) is 109 Å². The van der Waals surface area contributed by atoms with Gasteiger partial charge in [0.15, 0.2) is 0 Å². The molecule has 4 aliphatic rings. The lowest BCUT2D eigenvalue weighted by Crippen LogP contribution is -2.70. The molecule has 4 atom stereocenters. The molecule has 4 unspecified atom stereocenters. The zero-order valence-electron chi connectivity index (χ0n) is 46.1. The second-order valence-corrected chi connectivity index (χ2v) is 22.9. The van der Waals surface area contributed by atoms with Gasteiger partial charge in [-0.3, -0.25) is 24.2 Å². The predicted molar refractivity (Wildman–Crippen MR) is 301 cm³/mol. The summed E-state index contributed by atoms with van der Waals surface area (Å²) in [6.07, 6.45) is 5.45. The number of ether oxygens (including phenoxy) is 4. The first-order valence-electron chi connectivity index (χ1n) is 25.9. The number of nitrogens with zero attached hydrogens (tertiary/aromatic N) is 6. The number of hydrogen-bond acceptors (Lipinski definition) is 12. The van der Waals surface area contributed by atoms with Crippen LogP contribution in [0.4, 0.5) is 29.7 Å². The van der Waals surface area contributed by atoms with Crippen molar-refractivity contribution in [1.82, 2.24) is 29.4 Å². The standard InChI is InChI=1S/C30H36ClFN4O5.C28H34ClFN4O4/c1-19(37)33-26-13-25(31)27(40-5)12-21(26)8-11-28(38)36-23-15-34(14-20-6-9-22(32)10-7-20)16-24(36)18-35(17-23)29(39)41-30(2,3)4;1-28(2,3)38-27(36)33-16-21-14-32(13-18-5-8-20(30)9-6-18)15-22(17-33)34(21)26(35)10-7-19-11-25(37-4)23(29)12-24(19)31/h6-13,23-24H,14-18H2,1-5H3,(H,33,37);5-12,21-22H,13-17,31H2,1-4H3/b11-8+;10-7+.